The van der Waals surface area contributed by atoms with Crippen LogP contribution in [0.4, 0.5) is 5.69 Å². The molecule has 67 heavy (non-hydrogen) atoms. The third kappa shape index (κ3) is 18.9. The van der Waals surface area contributed by atoms with Crippen LogP contribution in [0.5, 0.6) is 0 Å². The first-order chi connectivity index (χ1) is 32.1. The number of hydrogen-bond donors (Lipinski definition) is 10. The van der Waals surface area contributed by atoms with Crippen LogP contribution in [0.1, 0.15) is 83.6 Å². The largest absolute Gasteiger partial charge is 0.397 e. The zero-order chi connectivity index (χ0) is 48.9. The molecule has 3 fully saturated rings. The van der Waals surface area contributed by atoms with E-state index in [9.17, 15) is 58.6 Å². The van der Waals surface area contributed by atoms with Crippen molar-refractivity contribution in [3.8, 4) is 0 Å². The van der Waals surface area contributed by atoms with Gasteiger partial charge in [-0.25, -0.2) is 4.18 Å². The van der Waals surface area contributed by atoms with Crippen molar-refractivity contribution in [3.05, 3.63) is 29.8 Å². The number of hydrogen-bond acceptors (Lipinski definition) is 21. The first-order valence-electron chi connectivity index (χ1n) is 23.0. The molecule has 1 aromatic carbocycles. The molecule has 15 atom stereocenters. The van der Waals surface area contributed by atoms with Crippen LogP contribution >= 0.6 is 0 Å². The fraction of sp³-hybridized carbons (Fsp3) is 0.837. The quantitative estimate of drug-likeness (QED) is 0.0328. The number of benzene rings is 1. The summed E-state index contributed by atoms with van der Waals surface area (Å²) >= 11 is 0. The van der Waals surface area contributed by atoms with E-state index in [1.54, 1.807) is 0 Å². The van der Waals surface area contributed by atoms with Gasteiger partial charge in [0.15, 0.2) is 18.9 Å². The monoisotopic (exact) mass is 987 g/mol. The number of rotatable bonds is 31. The average molecular weight is 988 g/mol. The van der Waals surface area contributed by atoms with E-state index in [4.69, 9.17) is 42.6 Å². The lowest BCUT2D eigenvalue weighted by molar-refractivity contribution is -0.385. The maximum atomic E-state index is 12.3. The van der Waals surface area contributed by atoms with Gasteiger partial charge in [0, 0.05) is 12.1 Å². The lowest BCUT2D eigenvalue weighted by Crippen LogP contribution is -2.67. The smallest absolute Gasteiger partial charge is 0.394 e. The molecule has 24 heteroatoms. The zero-order valence-electron chi connectivity index (χ0n) is 38.1. The number of nitrogens with one attached hydrogen (secondary N) is 1. The van der Waals surface area contributed by atoms with Gasteiger partial charge in [0.05, 0.1) is 65.6 Å². The van der Waals surface area contributed by atoms with E-state index < -0.39 is 116 Å². The summed E-state index contributed by atoms with van der Waals surface area (Å²) in [5.74, 6) is 0.00880. The Balaban J connectivity index is 1.18. The van der Waals surface area contributed by atoms with E-state index in [1.807, 2.05) is 24.3 Å². The Hall–Kier alpha value is -2.12. The summed E-state index contributed by atoms with van der Waals surface area (Å²) in [6.45, 7) is 2.88. The van der Waals surface area contributed by atoms with Crippen LogP contribution in [-0.4, -0.2) is 205 Å². The molecule has 4 rings (SSSR count). The molecule has 0 spiro atoms. The highest BCUT2D eigenvalue weighted by molar-refractivity contribution is 7.80. The number of aliphatic hydroxyl groups is 8. The van der Waals surface area contributed by atoms with Gasteiger partial charge in [0.1, 0.15) is 67.1 Å². The van der Waals surface area contributed by atoms with Crippen LogP contribution in [0.2, 0.25) is 0 Å². The number of carbonyl (C=O) groups excluding carboxylic acids is 1. The van der Waals surface area contributed by atoms with Crippen molar-refractivity contribution in [1.29, 1.82) is 0 Å². The molecule has 0 bridgehead atoms. The second-order valence-corrected chi connectivity index (χ2v) is 17.8. The van der Waals surface area contributed by atoms with Crippen molar-refractivity contribution in [2.24, 2.45) is 0 Å². The number of amides is 1. The Morgan fingerprint density at radius 2 is 1.15 bits per heavy atom. The van der Waals surface area contributed by atoms with Gasteiger partial charge in [0.2, 0.25) is 5.91 Å². The highest BCUT2D eigenvalue weighted by atomic mass is 32.3. The van der Waals surface area contributed by atoms with E-state index in [1.165, 1.54) is 45.4 Å². The molecule has 0 aromatic heterocycles. The van der Waals surface area contributed by atoms with E-state index in [-0.39, 0.29) is 38.9 Å². The van der Waals surface area contributed by atoms with E-state index in [0.717, 1.165) is 30.5 Å². The molecule has 3 aliphatic rings. The molecule has 3 aliphatic heterocycles. The number of unbranched alkanes of at least 4 members (excludes halogenated alkanes) is 8. The van der Waals surface area contributed by atoms with Crippen LogP contribution in [0.15, 0.2) is 24.3 Å². The molecule has 23 nitrogen and oxygen atoms in total. The van der Waals surface area contributed by atoms with Crippen LogP contribution in [0.25, 0.3) is 0 Å². The Morgan fingerprint density at radius 3 is 1.76 bits per heavy atom. The molecular formula is C43H73NO22S. The average Bonchev–Trinajstić information content (AvgIpc) is 3.30. The van der Waals surface area contributed by atoms with Crippen LogP contribution in [0, 0.1) is 0 Å². The number of aliphatic hydroxyl groups excluding tert-OH is 8. The standard InChI is InChI=1S/C43H73NO22S/c1-3-4-5-6-7-8-9-10-11-12-31(47)44-28-15-13-27(14-16-28)25-59-20-19-57-17-18-58-21-22-60-41-37(53)40(65-42-35(51)34(50)32(48)26(2)61-42)38(30(24-46)63-41)64-43-36(52)39(66-67(54,55)56)33(49)29(23-45)62-43/h13-16,26,29-30,32-43,45-46,48-53H,3-12,17-25H2,1-2H3,(H,44,47)(H,54,55,56)/t26-,29+,30+,32+,33-,34+,35-,36+,37+,38+,39-,40+,41+,42-,43-/m0/s1. The van der Waals surface area contributed by atoms with Crippen LogP contribution in [0.3, 0.4) is 0 Å². The molecule has 388 valence electrons. The summed E-state index contributed by atoms with van der Waals surface area (Å²) < 4.78 is 87.7. The molecule has 0 unspecified atom stereocenters. The highest BCUT2D eigenvalue weighted by Crippen LogP contribution is 2.34. The Morgan fingerprint density at radius 1 is 0.612 bits per heavy atom. The van der Waals surface area contributed by atoms with Crippen LogP contribution in [-0.2, 0) is 68.6 Å². The second-order valence-electron chi connectivity index (χ2n) is 16.8. The third-order valence-electron chi connectivity index (χ3n) is 11.5. The van der Waals surface area contributed by atoms with Gasteiger partial charge < -0.3 is 88.8 Å². The summed E-state index contributed by atoms with van der Waals surface area (Å²) in [5, 5.41) is 87.2. The topological polar surface area (TPSA) is 338 Å². The molecule has 0 saturated carbocycles. The molecule has 0 aliphatic carbocycles. The lowest BCUT2D eigenvalue weighted by Gasteiger charge is -2.49. The van der Waals surface area contributed by atoms with Crippen molar-refractivity contribution < 1.29 is 105 Å². The van der Waals surface area contributed by atoms with Crippen molar-refractivity contribution in [3.63, 3.8) is 0 Å². The van der Waals surface area contributed by atoms with Gasteiger partial charge in [-0.3, -0.25) is 9.35 Å². The first kappa shape index (κ1) is 57.5. The molecule has 1 aromatic rings. The summed E-state index contributed by atoms with van der Waals surface area (Å²) in [7, 11) is -5.28. The fourth-order valence-electron chi connectivity index (χ4n) is 7.71. The third-order valence-corrected chi connectivity index (χ3v) is 12.0. The van der Waals surface area contributed by atoms with Gasteiger partial charge in [-0.15, -0.1) is 0 Å². The summed E-state index contributed by atoms with van der Waals surface area (Å²) in [4.78, 5) is 12.3. The predicted molar refractivity (Wildman–Crippen MR) is 232 cm³/mol. The highest BCUT2D eigenvalue weighted by Gasteiger charge is 2.55. The van der Waals surface area contributed by atoms with Crippen molar-refractivity contribution >= 4 is 22.0 Å². The normalized spacial score (nSPS) is 32.6. The Labute approximate surface area is 391 Å². The van der Waals surface area contributed by atoms with Gasteiger partial charge in [-0.1, -0.05) is 70.4 Å². The number of anilines is 1. The zero-order valence-corrected chi connectivity index (χ0v) is 39.0. The van der Waals surface area contributed by atoms with Crippen molar-refractivity contribution in [1.82, 2.24) is 0 Å². The molecule has 1 amide bonds. The predicted octanol–water partition coefficient (Wildman–Crippen LogP) is -0.585. The summed E-state index contributed by atoms with van der Waals surface area (Å²) in [6.07, 6.45) is -15.1. The molecular weight excluding hydrogens is 915 g/mol. The molecule has 0 radical (unpaired) electrons. The van der Waals surface area contributed by atoms with Gasteiger partial charge >= 0.3 is 10.4 Å². The van der Waals surface area contributed by atoms with Crippen molar-refractivity contribution in [2.45, 2.75) is 177 Å². The summed E-state index contributed by atoms with van der Waals surface area (Å²) in [5.41, 5.74) is 1.67. The SMILES string of the molecule is CCCCCCCCCCCC(=O)Nc1ccc(COCCOCCOCCO[C@@H]2O[C@H](CO)[C@@H](O[C@@H]3O[C@H](CO)[C@H](O)[C@H](OS(=O)(=O)O)[C@H]3O)[C@H](O[C@@H]3O[C@@H](C)[C@@H](O)[C@@H](O)[C@@H]3O)[C@H]2O)cc1. The van der Waals surface area contributed by atoms with E-state index in [0.29, 0.717) is 19.6 Å². The maximum absolute atomic E-state index is 12.3. The molecule has 10 N–H and O–H groups in total. The van der Waals surface area contributed by atoms with E-state index in [2.05, 4.69) is 16.4 Å². The van der Waals surface area contributed by atoms with Gasteiger partial charge in [-0.05, 0) is 31.0 Å². The number of carbonyl (C=O) groups is 1. The minimum atomic E-state index is -5.28. The van der Waals surface area contributed by atoms with E-state index >= 15 is 0 Å². The Kier molecular flexibility index (Phi) is 25.7. The van der Waals surface area contributed by atoms with Crippen LogP contribution < -0.4 is 5.32 Å². The summed E-state index contributed by atoms with van der Waals surface area (Å²) in [6, 6.07) is 7.47. The Bertz CT molecular complexity index is 1630. The minimum absolute atomic E-state index is 0.00880. The fourth-order valence-corrected chi connectivity index (χ4v) is 8.22. The van der Waals surface area contributed by atoms with Crippen molar-refractivity contribution in [2.75, 3.05) is 58.2 Å². The first-order valence-corrected chi connectivity index (χ1v) is 24.4. The molecule has 3 saturated heterocycles. The molecule has 3 heterocycles. The minimum Gasteiger partial charge on any atom is -0.394 e. The van der Waals surface area contributed by atoms with Gasteiger partial charge in [0.25, 0.3) is 0 Å². The number of ether oxygens (including phenoxy) is 9. The van der Waals surface area contributed by atoms with Gasteiger partial charge in [-0.2, -0.15) is 8.42 Å². The second kappa shape index (κ2) is 29.9. The maximum Gasteiger partial charge on any atom is 0.397 e. The lowest BCUT2D eigenvalue weighted by atomic mass is 9.96.